The number of carboxylic acids is 1. The predicted molar refractivity (Wildman–Crippen MR) is 134 cm³/mol. The molecule has 1 aliphatic rings. The van der Waals surface area contributed by atoms with Gasteiger partial charge in [-0.2, -0.15) is 5.26 Å². The summed E-state index contributed by atoms with van der Waals surface area (Å²) in [6.07, 6.45) is 1.99. The van der Waals surface area contributed by atoms with E-state index in [1.165, 1.54) is 12.3 Å². The van der Waals surface area contributed by atoms with Crippen molar-refractivity contribution in [1.82, 2.24) is 30.4 Å². The highest BCUT2D eigenvalue weighted by atomic mass is 16.4. The van der Waals surface area contributed by atoms with Gasteiger partial charge in [-0.3, -0.25) is 15.0 Å². The van der Waals surface area contributed by atoms with E-state index in [9.17, 15) is 14.7 Å². The van der Waals surface area contributed by atoms with E-state index in [1.54, 1.807) is 10.7 Å². The summed E-state index contributed by atoms with van der Waals surface area (Å²) in [4.78, 5) is 28.6. The van der Waals surface area contributed by atoms with E-state index in [4.69, 9.17) is 5.26 Å². The van der Waals surface area contributed by atoms with Crippen LogP contribution in [0.3, 0.4) is 0 Å². The zero-order chi connectivity index (χ0) is 26.1. The fourth-order valence-electron chi connectivity index (χ4n) is 5.05. The van der Waals surface area contributed by atoms with Gasteiger partial charge in [0.2, 0.25) is 0 Å². The minimum atomic E-state index is -0.873. The summed E-state index contributed by atoms with van der Waals surface area (Å²) in [5, 5.41) is 28.9. The molecule has 0 aliphatic carbocycles. The first-order valence-electron chi connectivity index (χ1n) is 11.9. The van der Waals surface area contributed by atoms with Crippen LogP contribution in [-0.4, -0.2) is 48.5 Å². The number of carbonyl (C=O) groups is 2. The van der Waals surface area contributed by atoms with Gasteiger partial charge < -0.3 is 5.11 Å². The van der Waals surface area contributed by atoms with Gasteiger partial charge in [0.25, 0.3) is 5.91 Å². The maximum absolute atomic E-state index is 12.7. The molecule has 1 amide bonds. The number of pyridine rings is 1. The van der Waals surface area contributed by atoms with Crippen molar-refractivity contribution in [3.05, 3.63) is 87.7 Å². The highest BCUT2D eigenvalue weighted by Crippen LogP contribution is 2.37. The van der Waals surface area contributed by atoms with Crippen LogP contribution >= 0.6 is 0 Å². The Morgan fingerprint density at radius 2 is 2.03 bits per heavy atom. The molecule has 2 N–H and O–H groups in total. The molecule has 37 heavy (non-hydrogen) atoms. The molecule has 0 spiro atoms. The van der Waals surface area contributed by atoms with E-state index in [0.29, 0.717) is 25.1 Å². The van der Waals surface area contributed by atoms with E-state index < -0.39 is 5.97 Å². The van der Waals surface area contributed by atoms with Crippen LogP contribution in [0.4, 0.5) is 0 Å². The lowest BCUT2D eigenvalue weighted by molar-refractivity contribution is -0.137. The number of hydrazine groups is 1. The molecule has 0 saturated heterocycles. The van der Waals surface area contributed by atoms with Gasteiger partial charge in [-0.1, -0.05) is 29.5 Å². The normalized spacial score (nSPS) is 14.1. The number of nitrogens with zero attached hydrogens (tertiary/aromatic N) is 6. The van der Waals surface area contributed by atoms with Crippen LogP contribution in [0.15, 0.2) is 48.7 Å². The molecule has 0 radical (unpaired) electrons. The van der Waals surface area contributed by atoms with Crippen LogP contribution in [0.1, 0.15) is 56.2 Å². The third-order valence-electron chi connectivity index (χ3n) is 6.91. The van der Waals surface area contributed by atoms with Crippen molar-refractivity contribution in [2.75, 3.05) is 6.54 Å². The first kappa shape index (κ1) is 24.1. The van der Waals surface area contributed by atoms with Crippen molar-refractivity contribution in [1.29, 1.82) is 5.26 Å². The largest absolute Gasteiger partial charge is 0.481 e. The quantitative estimate of drug-likeness (QED) is 0.417. The van der Waals surface area contributed by atoms with E-state index in [0.717, 1.165) is 38.9 Å². The van der Waals surface area contributed by atoms with Crippen LogP contribution in [-0.2, 0) is 24.8 Å². The highest BCUT2D eigenvalue weighted by molar-refractivity contribution is 5.93. The minimum absolute atomic E-state index is 0.0464. The summed E-state index contributed by atoms with van der Waals surface area (Å²) < 4.78 is 1.71. The molecular weight excluding hydrogens is 470 g/mol. The van der Waals surface area contributed by atoms with Crippen molar-refractivity contribution < 1.29 is 14.7 Å². The Morgan fingerprint density at radius 1 is 1.19 bits per heavy atom. The van der Waals surface area contributed by atoms with E-state index in [1.807, 2.05) is 55.4 Å². The van der Waals surface area contributed by atoms with Crippen LogP contribution in [0.25, 0.3) is 11.0 Å². The second-order valence-corrected chi connectivity index (χ2v) is 9.15. The summed E-state index contributed by atoms with van der Waals surface area (Å²) in [7, 11) is 1.83. The Bertz CT molecular complexity index is 1550. The molecule has 1 aliphatic heterocycles. The van der Waals surface area contributed by atoms with Crippen molar-refractivity contribution in [3.8, 4) is 6.07 Å². The monoisotopic (exact) mass is 495 g/mol. The van der Waals surface area contributed by atoms with Gasteiger partial charge in [0.15, 0.2) is 0 Å². The molecule has 0 saturated carbocycles. The zero-order valence-corrected chi connectivity index (χ0v) is 20.5. The number of nitrogens with one attached hydrogen (secondary N) is 1. The molecule has 3 heterocycles. The van der Waals surface area contributed by atoms with Gasteiger partial charge in [0, 0.05) is 32.3 Å². The number of carbonyl (C=O) groups excluding carboxylic acids is 1. The lowest BCUT2D eigenvalue weighted by atomic mass is 9.80. The molecule has 5 rings (SSSR count). The van der Waals surface area contributed by atoms with Gasteiger partial charge in [-0.15, -0.1) is 5.10 Å². The molecule has 2 aromatic carbocycles. The van der Waals surface area contributed by atoms with Crippen LogP contribution < -0.4 is 5.43 Å². The smallest absolute Gasteiger partial charge is 0.304 e. The number of benzene rings is 2. The Morgan fingerprint density at radius 3 is 2.76 bits per heavy atom. The Kier molecular flexibility index (Phi) is 6.38. The molecular formula is C27H25N7O3. The second-order valence-electron chi connectivity index (χ2n) is 9.15. The SMILES string of the molecule is Cc1c(C(CC(=O)O)c2cccc3c2CCN(NC(=O)c2ccc(C#N)nc2)C3)ccc2c1nnn2C. The summed E-state index contributed by atoms with van der Waals surface area (Å²) >= 11 is 0. The average molecular weight is 496 g/mol. The van der Waals surface area contributed by atoms with Gasteiger partial charge in [0.05, 0.1) is 17.5 Å². The molecule has 1 unspecified atom stereocenters. The number of carboxylic acid groups (broad SMARTS) is 1. The van der Waals surface area contributed by atoms with Crippen molar-refractivity contribution in [2.24, 2.45) is 7.05 Å². The molecule has 2 aromatic heterocycles. The zero-order valence-electron chi connectivity index (χ0n) is 20.5. The number of nitriles is 1. The molecule has 10 nitrogen and oxygen atoms in total. The lowest BCUT2D eigenvalue weighted by Crippen LogP contribution is -2.45. The third-order valence-corrected chi connectivity index (χ3v) is 6.91. The minimum Gasteiger partial charge on any atom is -0.481 e. The van der Waals surface area contributed by atoms with Gasteiger partial charge >= 0.3 is 5.97 Å². The summed E-state index contributed by atoms with van der Waals surface area (Å²) in [6, 6.07) is 14.9. The molecule has 1 atom stereocenters. The molecule has 10 heteroatoms. The maximum atomic E-state index is 12.7. The number of aromatic nitrogens is 4. The standard InChI is InChI=1S/C27H25N7O3/c1-16-20(8-9-24-26(16)30-32-33(24)2)23(12-25(35)36)22-5-3-4-18-15-34(11-10-21(18)22)31-27(37)17-6-7-19(13-28)29-14-17/h3-9,14,23H,10-12,15H2,1-2H3,(H,31,37)(H,35,36). The van der Waals surface area contributed by atoms with Crippen molar-refractivity contribution >= 4 is 22.9 Å². The number of fused-ring (bicyclic) bond motifs is 2. The predicted octanol–water partition coefficient (Wildman–Crippen LogP) is 2.85. The molecule has 0 fully saturated rings. The lowest BCUT2D eigenvalue weighted by Gasteiger charge is -2.32. The third kappa shape index (κ3) is 4.64. The number of aliphatic carboxylic acids is 1. The second kappa shape index (κ2) is 9.79. The Hall–Kier alpha value is -4.62. The fraction of sp³-hybridized carbons (Fsp3) is 0.259. The van der Waals surface area contributed by atoms with Gasteiger partial charge in [-0.25, -0.2) is 14.7 Å². The first-order chi connectivity index (χ1) is 17.9. The van der Waals surface area contributed by atoms with E-state index in [-0.39, 0.29) is 23.9 Å². The number of rotatable bonds is 6. The highest BCUT2D eigenvalue weighted by Gasteiger charge is 2.28. The number of aryl methyl sites for hydroxylation is 2. The maximum Gasteiger partial charge on any atom is 0.304 e. The van der Waals surface area contributed by atoms with E-state index in [2.05, 4.69) is 20.7 Å². The molecule has 0 bridgehead atoms. The van der Waals surface area contributed by atoms with E-state index >= 15 is 0 Å². The topological polar surface area (TPSA) is 137 Å². The van der Waals surface area contributed by atoms with Crippen LogP contribution in [0.5, 0.6) is 0 Å². The summed E-state index contributed by atoms with van der Waals surface area (Å²) in [5.41, 5.74) is 10.2. The Balaban J connectivity index is 1.43. The Labute approximate surface area is 213 Å². The summed E-state index contributed by atoms with van der Waals surface area (Å²) in [6.45, 7) is 3.02. The van der Waals surface area contributed by atoms with Gasteiger partial charge in [0.1, 0.15) is 17.3 Å². The van der Waals surface area contributed by atoms with Crippen molar-refractivity contribution in [3.63, 3.8) is 0 Å². The van der Waals surface area contributed by atoms with Gasteiger partial charge in [-0.05, 0) is 59.4 Å². The van der Waals surface area contributed by atoms with Crippen molar-refractivity contribution in [2.45, 2.75) is 32.2 Å². The number of amides is 1. The number of hydrogen-bond acceptors (Lipinski definition) is 7. The summed E-state index contributed by atoms with van der Waals surface area (Å²) in [5.74, 6) is -1.51. The fourth-order valence-corrected chi connectivity index (χ4v) is 5.05. The first-order valence-corrected chi connectivity index (χ1v) is 11.9. The average Bonchev–Trinajstić information content (AvgIpc) is 3.28. The van der Waals surface area contributed by atoms with Crippen LogP contribution in [0.2, 0.25) is 0 Å². The molecule has 4 aromatic rings. The molecule has 186 valence electrons. The number of hydrogen-bond donors (Lipinski definition) is 2. The van der Waals surface area contributed by atoms with Crippen LogP contribution in [0, 0.1) is 18.3 Å².